The van der Waals surface area contributed by atoms with Crippen LogP contribution in [0, 0.1) is 6.92 Å². The molecule has 7 nitrogen and oxygen atoms in total. The molecule has 0 aliphatic carbocycles. The summed E-state index contributed by atoms with van der Waals surface area (Å²) in [5.74, 6) is 0.224. The molecule has 1 atom stereocenters. The van der Waals surface area contributed by atoms with Crippen molar-refractivity contribution in [3.05, 3.63) is 34.1 Å². The third kappa shape index (κ3) is 2.90. The largest absolute Gasteiger partial charge is 0.326 e. The molecule has 1 aromatic heterocycles. The molecule has 9 heteroatoms. The molecule has 2 aromatic rings. The van der Waals surface area contributed by atoms with Crippen LogP contribution in [0.25, 0.3) is 0 Å². The molecule has 0 saturated carbocycles. The fraction of sp³-hybridized carbons (Fsp3) is 0.231. The van der Waals surface area contributed by atoms with Gasteiger partial charge in [-0.3, -0.25) is 14.9 Å². The first kappa shape index (κ1) is 14.8. The molecule has 0 radical (unpaired) electrons. The Morgan fingerprint density at radius 1 is 1.36 bits per heavy atom. The normalized spacial score (nSPS) is 16.3. The SMILES string of the molecule is Cc1nc2n(n1)[C@@H](CC(=O)Nc1cc(Cl)cc(Cl)c1)C(=O)N2. The predicted molar refractivity (Wildman–Crippen MR) is 82.1 cm³/mol. The van der Waals surface area contributed by atoms with Gasteiger partial charge in [0, 0.05) is 15.7 Å². The van der Waals surface area contributed by atoms with Crippen LogP contribution in [0.1, 0.15) is 18.3 Å². The lowest BCUT2D eigenvalue weighted by Crippen LogP contribution is -2.23. The van der Waals surface area contributed by atoms with Crippen LogP contribution in [-0.4, -0.2) is 26.6 Å². The standard InChI is InChI=1S/C13H11Cl2N5O2/c1-6-16-13-18-12(22)10(20(13)19-6)5-11(21)17-9-3-7(14)2-8(15)4-9/h2-4,10H,5H2,1H3,(H,17,21)(H,16,18,19,22)/t10-/m0/s1. The highest BCUT2D eigenvalue weighted by Crippen LogP contribution is 2.26. The zero-order valence-corrected chi connectivity index (χ0v) is 12.9. The highest BCUT2D eigenvalue weighted by atomic mass is 35.5. The van der Waals surface area contributed by atoms with Crippen molar-refractivity contribution in [1.82, 2.24) is 14.8 Å². The van der Waals surface area contributed by atoms with Crippen LogP contribution in [0.3, 0.4) is 0 Å². The van der Waals surface area contributed by atoms with E-state index in [1.165, 1.54) is 4.68 Å². The molecule has 0 fully saturated rings. The molecule has 3 rings (SSSR count). The zero-order valence-electron chi connectivity index (χ0n) is 11.4. The summed E-state index contributed by atoms with van der Waals surface area (Å²) in [5.41, 5.74) is 0.468. The maximum atomic E-state index is 12.1. The second-order valence-corrected chi connectivity index (χ2v) is 5.72. The average Bonchev–Trinajstić information content (AvgIpc) is 2.86. The van der Waals surface area contributed by atoms with E-state index in [-0.39, 0.29) is 18.2 Å². The first-order valence-corrected chi connectivity index (χ1v) is 7.18. The Morgan fingerprint density at radius 2 is 2.05 bits per heavy atom. The number of amides is 2. The summed E-state index contributed by atoms with van der Waals surface area (Å²) in [7, 11) is 0. The van der Waals surface area contributed by atoms with Crippen molar-refractivity contribution >= 4 is 46.7 Å². The van der Waals surface area contributed by atoms with Gasteiger partial charge in [-0.25, -0.2) is 4.68 Å². The molecule has 0 spiro atoms. The van der Waals surface area contributed by atoms with Gasteiger partial charge >= 0.3 is 0 Å². The minimum atomic E-state index is -0.717. The molecule has 1 aromatic carbocycles. The van der Waals surface area contributed by atoms with Gasteiger partial charge in [-0.2, -0.15) is 10.1 Å². The summed E-state index contributed by atoms with van der Waals surface area (Å²) >= 11 is 11.7. The molecule has 0 bridgehead atoms. The Bertz CT molecular complexity index is 754. The van der Waals surface area contributed by atoms with Crippen LogP contribution in [0.5, 0.6) is 0 Å². The van der Waals surface area contributed by atoms with Crippen LogP contribution in [0.15, 0.2) is 18.2 Å². The Balaban J connectivity index is 1.73. The van der Waals surface area contributed by atoms with Crippen LogP contribution < -0.4 is 10.6 Å². The number of nitrogens with one attached hydrogen (secondary N) is 2. The van der Waals surface area contributed by atoms with E-state index in [0.29, 0.717) is 27.5 Å². The van der Waals surface area contributed by atoms with Gasteiger partial charge in [-0.05, 0) is 25.1 Å². The van der Waals surface area contributed by atoms with Crippen molar-refractivity contribution in [2.24, 2.45) is 0 Å². The summed E-state index contributed by atoms with van der Waals surface area (Å²) in [4.78, 5) is 28.0. The number of carbonyl (C=O) groups excluding carboxylic acids is 2. The van der Waals surface area contributed by atoms with Crippen molar-refractivity contribution in [3.63, 3.8) is 0 Å². The number of hydrogen-bond acceptors (Lipinski definition) is 4. The van der Waals surface area contributed by atoms with Crippen LogP contribution in [0.2, 0.25) is 10.0 Å². The molecule has 114 valence electrons. The quantitative estimate of drug-likeness (QED) is 0.898. The fourth-order valence-electron chi connectivity index (χ4n) is 2.23. The summed E-state index contributed by atoms with van der Waals surface area (Å²) in [6.45, 7) is 1.71. The molecule has 2 heterocycles. The second kappa shape index (κ2) is 5.58. The van der Waals surface area contributed by atoms with E-state index in [1.54, 1.807) is 25.1 Å². The predicted octanol–water partition coefficient (Wildman–Crippen LogP) is 2.42. The van der Waals surface area contributed by atoms with Gasteiger partial charge in [0.05, 0.1) is 6.42 Å². The molecule has 1 aliphatic heterocycles. The summed E-state index contributed by atoms with van der Waals surface area (Å²) in [6, 6.07) is 4.00. The smallest absolute Gasteiger partial charge is 0.252 e. The number of halogens is 2. The van der Waals surface area contributed by atoms with E-state index in [0.717, 1.165) is 0 Å². The van der Waals surface area contributed by atoms with E-state index in [4.69, 9.17) is 23.2 Å². The highest BCUT2D eigenvalue weighted by molar-refractivity contribution is 6.35. The molecule has 2 N–H and O–H groups in total. The van der Waals surface area contributed by atoms with Gasteiger partial charge in [-0.1, -0.05) is 23.2 Å². The second-order valence-electron chi connectivity index (χ2n) is 4.84. The lowest BCUT2D eigenvalue weighted by molar-refractivity contribution is -0.123. The molecule has 22 heavy (non-hydrogen) atoms. The highest BCUT2D eigenvalue weighted by Gasteiger charge is 2.34. The monoisotopic (exact) mass is 339 g/mol. The lowest BCUT2D eigenvalue weighted by Gasteiger charge is -2.10. The van der Waals surface area contributed by atoms with Gasteiger partial charge in [0.25, 0.3) is 5.91 Å². The van der Waals surface area contributed by atoms with Crippen molar-refractivity contribution in [3.8, 4) is 0 Å². The number of anilines is 2. The van der Waals surface area contributed by atoms with E-state index in [1.807, 2.05) is 0 Å². The van der Waals surface area contributed by atoms with Crippen molar-refractivity contribution in [2.75, 3.05) is 10.6 Å². The van der Waals surface area contributed by atoms with Gasteiger partial charge in [0.15, 0.2) is 0 Å². The molecule has 0 unspecified atom stereocenters. The third-order valence-corrected chi connectivity index (χ3v) is 3.53. The van der Waals surface area contributed by atoms with Crippen LogP contribution in [-0.2, 0) is 9.59 Å². The number of aromatic nitrogens is 3. The van der Waals surface area contributed by atoms with Crippen molar-refractivity contribution < 1.29 is 9.59 Å². The maximum Gasteiger partial charge on any atom is 0.252 e. The molecule has 0 saturated heterocycles. The summed E-state index contributed by atoms with van der Waals surface area (Å²) in [6.07, 6.45) is -0.0637. The molecule has 1 aliphatic rings. The number of fused-ring (bicyclic) bond motifs is 1. The molecule has 2 amide bonds. The first-order chi connectivity index (χ1) is 10.4. The number of rotatable bonds is 3. The van der Waals surface area contributed by atoms with Gasteiger partial charge < -0.3 is 5.32 Å². The maximum absolute atomic E-state index is 12.1. The van der Waals surface area contributed by atoms with Gasteiger partial charge in [0.2, 0.25) is 11.9 Å². The van der Waals surface area contributed by atoms with Crippen molar-refractivity contribution in [1.29, 1.82) is 0 Å². The Kier molecular flexibility index (Phi) is 3.76. The van der Waals surface area contributed by atoms with Crippen molar-refractivity contribution in [2.45, 2.75) is 19.4 Å². The fourth-order valence-corrected chi connectivity index (χ4v) is 2.76. The number of carbonyl (C=O) groups is 2. The average molecular weight is 340 g/mol. The minimum Gasteiger partial charge on any atom is -0.326 e. The van der Waals surface area contributed by atoms with Crippen LogP contribution in [0.4, 0.5) is 11.6 Å². The topological polar surface area (TPSA) is 88.9 Å². The number of benzene rings is 1. The number of aryl methyl sites for hydroxylation is 1. The van der Waals surface area contributed by atoms with Gasteiger partial charge in [-0.15, -0.1) is 0 Å². The molecular formula is C13H11Cl2N5O2. The first-order valence-electron chi connectivity index (χ1n) is 6.42. The Hall–Kier alpha value is -2.12. The number of hydrogen-bond donors (Lipinski definition) is 2. The Labute approximate surface area is 135 Å². The van der Waals surface area contributed by atoms with Gasteiger partial charge in [0.1, 0.15) is 11.9 Å². The Morgan fingerprint density at radius 3 is 2.73 bits per heavy atom. The van der Waals surface area contributed by atoms with Crippen LogP contribution >= 0.6 is 23.2 Å². The minimum absolute atomic E-state index is 0.0637. The number of nitrogens with zero attached hydrogens (tertiary/aromatic N) is 3. The summed E-state index contributed by atoms with van der Waals surface area (Å²) < 4.78 is 1.42. The molecular weight excluding hydrogens is 329 g/mol. The summed E-state index contributed by atoms with van der Waals surface area (Å²) in [5, 5.41) is 10.2. The third-order valence-electron chi connectivity index (χ3n) is 3.10. The lowest BCUT2D eigenvalue weighted by atomic mass is 10.2. The van der Waals surface area contributed by atoms with E-state index >= 15 is 0 Å². The zero-order chi connectivity index (χ0) is 15.9. The van der Waals surface area contributed by atoms with E-state index in [2.05, 4.69) is 20.7 Å². The van der Waals surface area contributed by atoms with E-state index < -0.39 is 6.04 Å². The van der Waals surface area contributed by atoms with E-state index in [9.17, 15) is 9.59 Å².